The van der Waals surface area contributed by atoms with Crippen LogP contribution in [0, 0.1) is 5.92 Å². The first-order valence-electron chi connectivity index (χ1n) is 12.4. The summed E-state index contributed by atoms with van der Waals surface area (Å²) in [5.74, 6) is 1.56. The van der Waals surface area contributed by atoms with Gasteiger partial charge in [0.25, 0.3) is 5.91 Å². The summed E-state index contributed by atoms with van der Waals surface area (Å²) in [4.78, 5) is 31.8. The first kappa shape index (κ1) is 26.4. The first-order valence-corrected chi connectivity index (χ1v) is 12.8. The van der Waals surface area contributed by atoms with Crippen LogP contribution in [0.15, 0.2) is 60.7 Å². The summed E-state index contributed by atoms with van der Waals surface area (Å²) in [5, 5.41) is 9.38. The molecule has 0 radical (unpaired) electrons. The fourth-order valence-corrected chi connectivity index (χ4v) is 4.44. The highest BCUT2D eigenvalue weighted by molar-refractivity contribution is 6.30. The van der Waals surface area contributed by atoms with Gasteiger partial charge in [0, 0.05) is 48.9 Å². The van der Waals surface area contributed by atoms with Crippen LogP contribution in [0.5, 0.6) is 5.75 Å². The van der Waals surface area contributed by atoms with E-state index >= 15 is 0 Å². The fourth-order valence-electron chi connectivity index (χ4n) is 4.31. The topological polar surface area (TPSA) is 78.9 Å². The van der Waals surface area contributed by atoms with E-state index in [0.717, 1.165) is 22.8 Å². The van der Waals surface area contributed by atoms with E-state index in [0.29, 0.717) is 43.3 Å². The van der Waals surface area contributed by atoms with Crippen molar-refractivity contribution in [2.75, 3.05) is 51.3 Å². The molecule has 2 heterocycles. The van der Waals surface area contributed by atoms with Gasteiger partial charge in [-0.25, -0.2) is 0 Å². The minimum Gasteiger partial charge on any atom is -0.497 e. The van der Waals surface area contributed by atoms with Gasteiger partial charge in [-0.05, 0) is 54.4 Å². The maximum atomic E-state index is 13.1. The van der Waals surface area contributed by atoms with E-state index in [1.54, 1.807) is 36.3 Å². The number of halogens is 1. The highest BCUT2D eigenvalue weighted by atomic mass is 35.5. The Morgan fingerprint density at radius 1 is 1.00 bits per heavy atom. The van der Waals surface area contributed by atoms with E-state index in [1.807, 2.05) is 55.1 Å². The van der Waals surface area contributed by atoms with E-state index in [-0.39, 0.29) is 24.3 Å². The number of methoxy groups -OCH3 is 1. The molecule has 1 aliphatic heterocycles. The van der Waals surface area contributed by atoms with Crippen molar-refractivity contribution in [1.29, 1.82) is 0 Å². The fraction of sp³-hybridized carbons (Fsp3) is 0.357. The molecule has 0 aliphatic carbocycles. The van der Waals surface area contributed by atoms with Gasteiger partial charge in [-0.2, -0.15) is 0 Å². The molecule has 1 aliphatic rings. The van der Waals surface area contributed by atoms with Crippen LogP contribution in [-0.2, 0) is 4.79 Å². The Balaban J connectivity index is 1.35. The quantitative estimate of drug-likeness (QED) is 0.441. The Labute approximate surface area is 222 Å². The van der Waals surface area contributed by atoms with Crippen LogP contribution in [0.1, 0.15) is 24.2 Å². The van der Waals surface area contributed by atoms with Gasteiger partial charge in [0.1, 0.15) is 12.3 Å². The van der Waals surface area contributed by atoms with Gasteiger partial charge in [-0.1, -0.05) is 37.6 Å². The van der Waals surface area contributed by atoms with Crippen molar-refractivity contribution in [3.63, 3.8) is 0 Å². The van der Waals surface area contributed by atoms with Gasteiger partial charge in [-0.3, -0.25) is 9.59 Å². The summed E-state index contributed by atoms with van der Waals surface area (Å²) in [6, 6.07) is 18.4. The molecular formula is C28H32ClN5O3. The Hall–Kier alpha value is -3.65. The maximum Gasteiger partial charge on any atom is 0.254 e. The van der Waals surface area contributed by atoms with Crippen LogP contribution in [0.4, 0.5) is 5.82 Å². The molecule has 3 aromatic rings. The molecule has 8 nitrogen and oxygen atoms in total. The molecule has 1 aromatic heterocycles. The van der Waals surface area contributed by atoms with Crippen molar-refractivity contribution < 1.29 is 14.3 Å². The highest BCUT2D eigenvalue weighted by Crippen LogP contribution is 2.23. The molecule has 0 spiro atoms. The van der Waals surface area contributed by atoms with Crippen LogP contribution < -0.4 is 9.64 Å². The molecular weight excluding hydrogens is 490 g/mol. The average Bonchev–Trinajstić information content (AvgIpc) is 2.92. The number of aromatic nitrogens is 2. The predicted molar refractivity (Wildman–Crippen MR) is 145 cm³/mol. The van der Waals surface area contributed by atoms with Crippen molar-refractivity contribution in [3.8, 4) is 17.0 Å². The number of hydrogen-bond acceptors (Lipinski definition) is 6. The van der Waals surface area contributed by atoms with E-state index in [4.69, 9.17) is 16.3 Å². The second-order valence-corrected chi connectivity index (χ2v) is 9.90. The van der Waals surface area contributed by atoms with Crippen molar-refractivity contribution in [2.45, 2.75) is 13.8 Å². The lowest BCUT2D eigenvalue weighted by molar-refractivity contribution is -0.132. The lowest BCUT2D eigenvalue weighted by atomic mass is 10.1. The summed E-state index contributed by atoms with van der Waals surface area (Å²) in [6.45, 7) is 7.03. The standard InChI is InChI=1S/C28H32ClN5O3/c1-20(2)18-34(28(36)21-7-9-23(29)10-8-21)19-27(35)33-15-13-32(14-16-33)26-12-11-25(30-31-26)22-5-4-6-24(17-22)37-3/h4-12,17,20H,13-16,18-19H2,1-3H3. The van der Waals surface area contributed by atoms with Crippen LogP contribution >= 0.6 is 11.6 Å². The zero-order chi connectivity index (χ0) is 26.4. The van der Waals surface area contributed by atoms with Crippen LogP contribution in [-0.4, -0.2) is 78.2 Å². The number of ether oxygens (including phenoxy) is 1. The Bertz CT molecular complexity index is 1210. The SMILES string of the molecule is COc1cccc(-c2ccc(N3CCN(C(=O)CN(CC(C)C)C(=O)c4ccc(Cl)cc4)CC3)nn2)c1. The summed E-state index contributed by atoms with van der Waals surface area (Å²) in [6.07, 6.45) is 0. The molecule has 0 N–H and O–H groups in total. The molecule has 0 atom stereocenters. The van der Waals surface area contributed by atoms with Gasteiger partial charge in [0.05, 0.1) is 12.8 Å². The van der Waals surface area contributed by atoms with E-state index in [9.17, 15) is 9.59 Å². The normalized spacial score (nSPS) is 13.5. The number of piperazine rings is 1. The average molecular weight is 522 g/mol. The third kappa shape index (κ3) is 6.77. The zero-order valence-corrected chi connectivity index (χ0v) is 22.2. The number of benzene rings is 2. The van der Waals surface area contributed by atoms with Crippen LogP contribution in [0.2, 0.25) is 5.02 Å². The summed E-state index contributed by atoms with van der Waals surface area (Å²) in [7, 11) is 1.64. The second kappa shape index (κ2) is 12.1. The molecule has 2 amide bonds. The highest BCUT2D eigenvalue weighted by Gasteiger charge is 2.26. The smallest absolute Gasteiger partial charge is 0.254 e. The van der Waals surface area contributed by atoms with Gasteiger partial charge in [0.2, 0.25) is 5.91 Å². The minimum atomic E-state index is -0.163. The molecule has 4 rings (SSSR count). The lowest BCUT2D eigenvalue weighted by Crippen LogP contribution is -2.52. The summed E-state index contributed by atoms with van der Waals surface area (Å²) in [5.41, 5.74) is 2.23. The molecule has 1 fully saturated rings. The number of carbonyl (C=O) groups excluding carboxylic acids is 2. The van der Waals surface area contributed by atoms with Gasteiger partial charge in [0.15, 0.2) is 5.82 Å². The number of hydrogen-bond donors (Lipinski definition) is 0. The monoisotopic (exact) mass is 521 g/mol. The Morgan fingerprint density at radius 2 is 1.73 bits per heavy atom. The summed E-state index contributed by atoms with van der Waals surface area (Å²) < 4.78 is 5.29. The molecule has 2 aromatic carbocycles. The number of amides is 2. The minimum absolute atomic E-state index is 0.0503. The number of rotatable bonds is 8. The van der Waals surface area contributed by atoms with E-state index in [2.05, 4.69) is 15.1 Å². The Kier molecular flexibility index (Phi) is 8.61. The second-order valence-electron chi connectivity index (χ2n) is 9.46. The first-order chi connectivity index (χ1) is 17.8. The predicted octanol–water partition coefficient (Wildman–Crippen LogP) is 4.25. The number of nitrogens with zero attached hydrogens (tertiary/aromatic N) is 5. The Morgan fingerprint density at radius 3 is 2.35 bits per heavy atom. The van der Waals surface area contributed by atoms with Crippen molar-refractivity contribution in [3.05, 3.63) is 71.2 Å². The number of anilines is 1. The van der Waals surface area contributed by atoms with Gasteiger partial charge in [-0.15, -0.1) is 10.2 Å². The molecule has 9 heteroatoms. The van der Waals surface area contributed by atoms with Crippen molar-refractivity contribution in [1.82, 2.24) is 20.0 Å². The third-order valence-electron chi connectivity index (χ3n) is 6.26. The lowest BCUT2D eigenvalue weighted by Gasteiger charge is -2.36. The maximum absolute atomic E-state index is 13.1. The third-order valence-corrected chi connectivity index (χ3v) is 6.51. The van der Waals surface area contributed by atoms with Crippen LogP contribution in [0.25, 0.3) is 11.3 Å². The molecule has 0 unspecified atom stereocenters. The molecule has 1 saturated heterocycles. The molecule has 0 saturated carbocycles. The summed E-state index contributed by atoms with van der Waals surface area (Å²) >= 11 is 5.97. The molecule has 0 bridgehead atoms. The van der Waals surface area contributed by atoms with Gasteiger partial charge >= 0.3 is 0 Å². The van der Waals surface area contributed by atoms with E-state index < -0.39 is 0 Å². The number of carbonyl (C=O) groups is 2. The van der Waals surface area contributed by atoms with Crippen molar-refractivity contribution in [2.24, 2.45) is 5.92 Å². The molecule has 37 heavy (non-hydrogen) atoms. The largest absolute Gasteiger partial charge is 0.497 e. The zero-order valence-electron chi connectivity index (χ0n) is 21.4. The van der Waals surface area contributed by atoms with Crippen molar-refractivity contribution >= 4 is 29.2 Å². The van der Waals surface area contributed by atoms with Crippen LogP contribution in [0.3, 0.4) is 0 Å². The van der Waals surface area contributed by atoms with E-state index in [1.165, 1.54) is 0 Å². The van der Waals surface area contributed by atoms with Gasteiger partial charge < -0.3 is 19.4 Å². The molecule has 194 valence electrons.